The number of rotatable bonds is 3. The fourth-order valence-electron chi connectivity index (χ4n) is 2.06. The normalized spacial score (nSPS) is 12.6. The first kappa shape index (κ1) is 12.5. The summed E-state index contributed by atoms with van der Waals surface area (Å²) in [5, 5.41) is 9.88. The van der Waals surface area contributed by atoms with Gasteiger partial charge in [-0.25, -0.2) is 0 Å². The molecule has 18 heavy (non-hydrogen) atoms. The van der Waals surface area contributed by atoms with Crippen molar-refractivity contribution in [3.8, 4) is 0 Å². The van der Waals surface area contributed by atoms with Gasteiger partial charge in [0, 0.05) is 17.5 Å². The van der Waals surface area contributed by atoms with Crippen LogP contribution in [0.5, 0.6) is 0 Å². The van der Waals surface area contributed by atoms with Crippen molar-refractivity contribution < 1.29 is 9.90 Å². The van der Waals surface area contributed by atoms with Gasteiger partial charge < -0.3 is 10.8 Å². The van der Waals surface area contributed by atoms with Crippen LogP contribution in [-0.4, -0.2) is 22.1 Å². The summed E-state index contributed by atoms with van der Waals surface area (Å²) in [5.41, 5.74) is 9.43. The lowest BCUT2D eigenvalue weighted by atomic mass is 10.0. The maximum Gasteiger partial charge on any atom is 0.320 e. The fourth-order valence-corrected chi connectivity index (χ4v) is 2.06. The average Bonchev–Trinajstić information content (AvgIpc) is 2.27. The van der Waals surface area contributed by atoms with Gasteiger partial charge in [-0.1, -0.05) is 12.1 Å². The highest BCUT2D eigenvalue weighted by Gasteiger charge is 2.13. The summed E-state index contributed by atoms with van der Waals surface area (Å²) in [6, 6.07) is 7.01. The number of aryl methyl sites for hydroxylation is 2. The molecule has 4 nitrogen and oxygen atoms in total. The Labute approximate surface area is 105 Å². The number of hydrogen-bond donors (Lipinski definition) is 2. The van der Waals surface area contributed by atoms with Crippen LogP contribution in [-0.2, 0) is 11.2 Å². The molecule has 3 N–H and O–H groups in total. The molecule has 2 aromatic rings. The first-order valence-corrected chi connectivity index (χ1v) is 5.82. The zero-order valence-corrected chi connectivity index (χ0v) is 10.5. The molecule has 0 saturated carbocycles. The second-order valence-electron chi connectivity index (χ2n) is 4.60. The van der Waals surface area contributed by atoms with E-state index in [0.29, 0.717) is 5.69 Å². The van der Waals surface area contributed by atoms with Gasteiger partial charge in [0.05, 0.1) is 5.52 Å². The lowest BCUT2D eigenvalue weighted by Gasteiger charge is -2.08. The molecule has 0 aliphatic rings. The highest BCUT2D eigenvalue weighted by molar-refractivity contribution is 5.83. The molecule has 0 aliphatic heterocycles. The van der Waals surface area contributed by atoms with Crippen LogP contribution >= 0.6 is 0 Å². The molecule has 0 bridgehead atoms. The summed E-state index contributed by atoms with van der Waals surface area (Å²) < 4.78 is 0. The Morgan fingerprint density at radius 1 is 1.39 bits per heavy atom. The maximum atomic E-state index is 10.7. The van der Waals surface area contributed by atoms with E-state index >= 15 is 0 Å². The van der Waals surface area contributed by atoms with Gasteiger partial charge in [-0.2, -0.15) is 0 Å². The van der Waals surface area contributed by atoms with E-state index in [-0.39, 0.29) is 6.42 Å². The van der Waals surface area contributed by atoms with Gasteiger partial charge in [0.25, 0.3) is 0 Å². The number of aromatic nitrogens is 1. The van der Waals surface area contributed by atoms with Gasteiger partial charge in [-0.15, -0.1) is 0 Å². The SMILES string of the molecule is Cc1cc(C)c2ccc(CC(N)C(=O)O)nc2c1. The molecule has 1 atom stereocenters. The van der Waals surface area contributed by atoms with Crippen molar-refractivity contribution in [1.82, 2.24) is 4.98 Å². The van der Waals surface area contributed by atoms with Crippen molar-refractivity contribution in [3.05, 3.63) is 41.1 Å². The standard InChI is InChI=1S/C14H16N2O2/c1-8-5-9(2)11-4-3-10(16-13(11)6-8)7-12(15)14(17)18/h3-6,12H,7,15H2,1-2H3,(H,17,18). The molecule has 0 fully saturated rings. The molecule has 0 saturated heterocycles. The van der Waals surface area contributed by atoms with E-state index in [9.17, 15) is 4.79 Å². The second-order valence-corrected chi connectivity index (χ2v) is 4.60. The predicted octanol–water partition coefficient (Wildman–Crippen LogP) is 1.81. The molecule has 1 aromatic heterocycles. The van der Waals surface area contributed by atoms with Crippen LogP contribution < -0.4 is 5.73 Å². The van der Waals surface area contributed by atoms with Crippen molar-refractivity contribution >= 4 is 16.9 Å². The Balaban J connectivity index is 2.41. The molecular weight excluding hydrogens is 228 g/mol. The van der Waals surface area contributed by atoms with Crippen molar-refractivity contribution in [1.29, 1.82) is 0 Å². The molecule has 1 unspecified atom stereocenters. The number of carboxylic acids is 1. The molecule has 0 amide bonds. The number of pyridine rings is 1. The number of nitrogens with zero attached hydrogens (tertiary/aromatic N) is 1. The number of carboxylic acid groups (broad SMARTS) is 1. The summed E-state index contributed by atoms with van der Waals surface area (Å²) >= 11 is 0. The molecule has 0 spiro atoms. The minimum Gasteiger partial charge on any atom is -0.480 e. The maximum absolute atomic E-state index is 10.7. The van der Waals surface area contributed by atoms with E-state index < -0.39 is 12.0 Å². The summed E-state index contributed by atoms with van der Waals surface area (Å²) in [6.07, 6.45) is 0.248. The molecule has 2 rings (SSSR count). The average molecular weight is 244 g/mol. The lowest BCUT2D eigenvalue weighted by molar-refractivity contribution is -0.138. The Morgan fingerprint density at radius 2 is 2.11 bits per heavy atom. The van der Waals surface area contributed by atoms with Crippen LogP contribution in [0, 0.1) is 13.8 Å². The molecule has 0 radical (unpaired) electrons. The van der Waals surface area contributed by atoms with E-state index in [1.807, 2.05) is 32.0 Å². The highest BCUT2D eigenvalue weighted by Crippen LogP contribution is 2.19. The van der Waals surface area contributed by atoms with Gasteiger partial charge in [0.1, 0.15) is 6.04 Å². The third kappa shape index (κ3) is 2.49. The second kappa shape index (κ2) is 4.74. The number of fused-ring (bicyclic) bond motifs is 1. The molecular formula is C14H16N2O2. The van der Waals surface area contributed by atoms with E-state index in [2.05, 4.69) is 11.1 Å². The monoisotopic (exact) mass is 244 g/mol. The molecule has 1 heterocycles. The zero-order chi connectivity index (χ0) is 13.3. The zero-order valence-electron chi connectivity index (χ0n) is 10.5. The van der Waals surface area contributed by atoms with E-state index in [0.717, 1.165) is 16.5 Å². The highest BCUT2D eigenvalue weighted by atomic mass is 16.4. The minimum absolute atomic E-state index is 0.248. The quantitative estimate of drug-likeness (QED) is 0.863. The number of nitrogens with two attached hydrogens (primary N) is 1. The van der Waals surface area contributed by atoms with E-state index in [1.165, 1.54) is 5.56 Å². The van der Waals surface area contributed by atoms with Crippen molar-refractivity contribution in [2.75, 3.05) is 0 Å². The van der Waals surface area contributed by atoms with Crippen molar-refractivity contribution in [2.45, 2.75) is 26.3 Å². The smallest absolute Gasteiger partial charge is 0.320 e. The van der Waals surface area contributed by atoms with Crippen LogP contribution in [0.25, 0.3) is 10.9 Å². The van der Waals surface area contributed by atoms with Crippen LogP contribution in [0.3, 0.4) is 0 Å². The van der Waals surface area contributed by atoms with Crippen LogP contribution in [0.15, 0.2) is 24.3 Å². The van der Waals surface area contributed by atoms with Crippen LogP contribution in [0.1, 0.15) is 16.8 Å². The topological polar surface area (TPSA) is 76.2 Å². The summed E-state index contributed by atoms with van der Waals surface area (Å²) in [6.45, 7) is 4.06. The number of aliphatic carboxylic acids is 1. The Kier molecular flexibility index (Phi) is 3.30. The lowest BCUT2D eigenvalue weighted by Crippen LogP contribution is -2.32. The minimum atomic E-state index is -1.00. The van der Waals surface area contributed by atoms with Gasteiger partial charge in [0.15, 0.2) is 0 Å². The largest absolute Gasteiger partial charge is 0.480 e. The van der Waals surface area contributed by atoms with E-state index in [4.69, 9.17) is 10.8 Å². The van der Waals surface area contributed by atoms with Crippen molar-refractivity contribution in [3.63, 3.8) is 0 Å². The molecule has 1 aromatic carbocycles. The third-order valence-electron chi connectivity index (χ3n) is 2.96. The van der Waals surface area contributed by atoms with Crippen molar-refractivity contribution in [2.24, 2.45) is 5.73 Å². The third-order valence-corrected chi connectivity index (χ3v) is 2.96. The Hall–Kier alpha value is -1.94. The number of benzene rings is 1. The van der Waals surface area contributed by atoms with Gasteiger partial charge >= 0.3 is 5.97 Å². The molecule has 94 valence electrons. The summed E-state index contributed by atoms with van der Waals surface area (Å²) in [4.78, 5) is 15.2. The van der Waals surface area contributed by atoms with E-state index in [1.54, 1.807) is 0 Å². The summed E-state index contributed by atoms with van der Waals surface area (Å²) in [7, 11) is 0. The van der Waals surface area contributed by atoms with Gasteiger partial charge in [-0.05, 0) is 37.1 Å². The van der Waals surface area contributed by atoms with Gasteiger partial charge in [-0.3, -0.25) is 9.78 Å². The Morgan fingerprint density at radius 3 is 2.78 bits per heavy atom. The summed E-state index contributed by atoms with van der Waals surface area (Å²) in [5.74, 6) is -1.00. The first-order chi connectivity index (χ1) is 8.47. The molecule has 4 heteroatoms. The first-order valence-electron chi connectivity index (χ1n) is 5.82. The molecule has 0 aliphatic carbocycles. The predicted molar refractivity (Wildman–Crippen MR) is 70.5 cm³/mol. The number of carbonyl (C=O) groups is 1. The number of hydrogen-bond acceptors (Lipinski definition) is 3. The van der Waals surface area contributed by atoms with Crippen LogP contribution in [0.2, 0.25) is 0 Å². The van der Waals surface area contributed by atoms with Gasteiger partial charge in [0.2, 0.25) is 0 Å². The Bertz CT molecular complexity index is 608. The fraction of sp³-hybridized carbons (Fsp3) is 0.286. The van der Waals surface area contributed by atoms with Crippen LogP contribution in [0.4, 0.5) is 0 Å².